The molecule has 0 aromatic heterocycles. The van der Waals surface area contributed by atoms with Gasteiger partial charge in [-0.05, 0) is 55.5 Å². The van der Waals surface area contributed by atoms with Crippen LogP contribution in [0.5, 0.6) is 0 Å². The molecule has 7 heteroatoms. The van der Waals surface area contributed by atoms with Gasteiger partial charge in [-0.3, -0.25) is 14.6 Å². The molecule has 4 rings (SSSR count). The van der Waals surface area contributed by atoms with E-state index in [0.717, 1.165) is 28.1 Å². The van der Waals surface area contributed by atoms with E-state index in [1.54, 1.807) is 4.90 Å². The predicted octanol–water partition coefficient (Wildman–Crippen LogP) is 5.07. The molecule has 0 bridgehead atoms. The van der Waals surface area contributed by atoms with E-state index < -0.39 is 11.3 Å². The first-order chi connectivity index (χ1) is 15.3. The summed E-state index contributed by atoms with van der Waals surface area (Å²) < 4.78 is 0. The summed E-state index contributed by atoms with van der Waals surface area (Å²) in [4.78, 5) is 37.5. The lowest BCUT2D eigenvalue weighted by Crippen LogP contribution is -2.43. The van der Waals surface area contributed by atoms with Crippen molar-refractivity contribution in [1.29, 1.82) is 0 Å². The number of nitrogens with zero attached hydrogens (tertiary/aromatic N) is 3. The number of amidine groups is 2. The van der Waals surface area contributed by atoms with Crippen LogP contribution in [-0.2, 0) is 9.59 Å². The topological polar surface area (TPSA) is 74.1 Å². The quantitative estimate of drug-likeness (QED) is 0.694. The highest BCUT2D eigenvalue weighted by Gasteiger charge is 2.43. The second-order valence-electron chi connectivity index (χ2n) is 8.55. The Morgan fingerprint density at radius 1 is 1.19 bits per heavy atom. The van der Waals surface area contributed by atoms with Gasteiger partial charge in [-0.15, -0.1) is 0 Å². The molecule has 166 valence electrons. The molecule has 2 aromatic carbocycles. The van der Waals surface area contributed by atoms with Gasteiger partial charge in [0.2, 0.25) is 5.91 Å². The summed E-state index contributed by atoms with van der Waals surface area (Å²) in [6.45, 7) is 9.93. The maximum Gasteiger partial charge on any atom is 0.259 e. The minimum absolute atomic E-state index is 0.0774. The number of amides is 2. The molecule has 0 aliphatic carbocycles. The van der Waals surface area contributed by atoms with E-state index >= 15 is 0 Å². The lowest BCUT2D eigenvalue weighted by molar-refractivity contribution is -0.125. The second-order valence-corrected chi connectivity index (χ2v) is 9.72. The number of aliphatic imine (C=N–C) groups is 2. The molecule has 0 saturated heterocycles. The molecule has 6 nitrogen and oxygen atoms in total. The Labute approximate surface area is 193 Å². The van der Waals surface area contributed by atoms with Crippen molar-refractivity contribution in [3.63, 3.8) is 0 Å². The van der Waals surface area contributed by atoms with Gasteiger partial charge in [0.1, 0.15) is 11.9 Å². The van der Waals surface area contributed by atoms with Crippen LogP contribution in [0, 0.1) is 19.8 Å². The van der Waals surface area contributed by atoms with Gasteiger partial charge < -0.3 is 5.32 Å². The van der Waals surface area contributed by atoms with Crippen LogP contribution in [0.3, 0.4) is 0 Å². The first kappa shape index (κ1) is 22.3. The molecule has 0 spiro atoms. The highest BCUT2D eigenvalue weighted by Crippen LogP contribution is 2.36. The zero-order chi connectivity index (χ0) is 23.0. The molecule has 2 aromatic rings. The predicted molar refractivity (Wildman–Crippen MR) is 132 cm³/mol. The number of benzene rings is 2. The molecule has 2 amide bonds. The molecule has 0 unspecified atom stereocenters. The van der Waals surface area contributed by atoms with Gasteiger partial charge in [0.05, 0.1) is 10.9 Å². The Morgan fingerprint density at radius 3 is 2.66 bits per heavy atom. The number of fused-ring (bicyclic) bond motifs is 3. The van der Waals surface area contributed by atoms with Crippen LogP contribution in [0.1, 0.15) is 43.9 Å². The lowest BCUT2D eigenvalue weighted by atomic mass is 10.1. The van der Waals surface area contributed by atoms with Crippen LogP contribution < -0.4 is 5.32 Å². The summed E-state index contributed by atoms with van der Waals surface area (Å²) in [5, 5.41) is 3.18. The van der Waals surface area contributed by atoms with Gasteiger partial charge in [-0.25, -0.2) is 9.89 Å². The molecule has 0 saturated carbocycles. The number of para-hydroxylation sites is 1. The Balaban J connectivity index is 1.64. The average molecular weight is 449 g/mol. The number of aryl methyl sites for hydroxylation is 2. The van der Waals surface area contributed by atoms with Crippen LogP contribution >= 0.6 is 11.8 Å². The number of carbonyl (C=O) groups is 2. The third kappa shape index (κ3) is 4.09. The molecule has 1 N–H and O–H groups in total. The van der Waals surface area contributed by atoms with Crippen molar-refractivity contribution in [2.45, 2.75) is 52.3 Å². The van der Waals surface area contributed by atoms with Crippen molar-refractivity contribution in [3.8, 4) is 0 Å². The van der Waals surface area contributed by atoms with Gasteiger partial charge in [0.15, 0.2) is 5.17 Å². The fourth-order valence-corrected chi connectivity index (χ4v) is 4.84. The monoisotopic (exact) mass is 448 g/mol. The molecule has 2 aliphatic heterocycles. The fourth-order valence-electron chi connectivity index (χ4n) is 3.82. The summed E-state index contributed by atoms with van der Waals surface area (Å²) >= 11 is 1.32. The number of anilines is 1. The van der Waals surface area contributed by atoms with Gasteiger partial charge in [0, 0.05) is 11.3 Å². The second kappa shape index (κ2) is 8.90. The first-order valence-electron chi connectivity index (χ1n) is 10.9. The summed E-state index contributed by atoms with van der Waals surface area (Å²) in [7, 11) is 0. The van der Waals surface area contributed by atoms with Gasteiger partial charge in [-0.1, -0.05) is 56.8 Å². The standard InChI is InChI=1S/C25H28N4O2S/c1-6-20(23(30)26-19-13-15(4)11-12-16(19)5)32-25-27-18-10-8-7-9-17(18)22-28-21(14(2)3)24(31)29(22)25/h7-14,20-21H,6H2,1-5H3,(H,26,30)/t20-,21-/m1/s1. The summed E-state index contributed by atoms with van der Waals surface area (Å²) in [6.07, 6.45) is 0.601. The van der Waals surface area contributed by atoms with E-state index in [1.807, 2.05) is 77.1 Å². The van der Waals surface area contributed by atoms with Crippen molar-refractivity contribution in [3.05, 3.63) is 59.2 Å². The van der Waals surface area contributed by atoms with Crippen LogP contribution in [0.15, 0.2) is 52.4 Å². The van der Waals surface area contributed by atoms with Gasteiger partial charge in [-0.2, -0.15) is 0 Å². The van der Waals surface area contributed by atoms with E-state index in [9.17, 15) is 9.59 Å². The van der Waals surface area contributed by atoms with Crippen molar-refractivity contribution in [1.82, 2.24) is 4.90 Å². The van der Waals surface area contributed by atoms with Crippen molar-refractivity contribution >= 4 is 46.0 Å². The van der Waals surface area contributed by atoms with Crippen molar-refractivity contribution in [2.75, 3.05) is 5.32 Å². The summed E-state index contributed by atoms with van der Waals surface area (Å²) in [5.74, 6) is 0.527. The number of thioether (sulfide) groups is 1. The maximum atomic E-state index is 13.2. The third-order valence-electron chi connectivity index (χ3n) is 5.69. The number of carbonyl (C=O) groups excluding carboxylic acids is 2. The minimum atomic E-state index is -0.439. The smallest absolute Gasteiger partial charge is 0.259 e. The number of rotatable bonds is 5. The SMILES string of the molecule is CC[C@@H](SC1=Nc2ccccc2C2=N[C@H](C(C)C)C(=O)N12)C(=O)Nc1cc(C)ccc1C. The van der Waals surface area contributed by atoms with E-state index in [1.165, 1.54) is 11.8 Å². The summed E-state index contributed by atoms with van der Waals surface area (Å²) in [5.41, 5.74) is 4.53. The van der Waals surface area contributed by atoms with E-state index in [2.05, 4.69) is 5.32 Å². The number of nitrogens with one attached hydrogen (secondary N) is 1. The molecule has 2 atom stereocenters. The molecular formula is C25H28N4O2S. The van der Waals surface area contributed by atoms with E-state index in [0.29, 0.717) is 17.4 Å². The minimum Gasteiger partial charge on any atom is -0.325 e. The molecular weight excluding hydrogens is 420 g/mol. The molecule has 2 heterocycles. The Kier molecular flexibility index (Phi) is 6.20. The van der Waals surface area contributed by atoms with Gasteiger partial charge in [0.25, 0.3) is 5.91 Å². The molecule has 32 heavy (non-hydrogen) atoms. The number of hydrogen-bond donors (Lipinski definition) is 1. The zero-order valence-corrected chi connectivity index (χ0v) is 19.9. The highest BCUT2D eigenvalue weighted by atomic mass is 32.2. The Hall–Kier alpha value is -2.93. The van der Waals surface area contributed by atoms with E-state index in [-0.39, 0.29) is 17.7 Å². The van der Waals surface area contributed by atoms with Crippen molar-refractivity contribution < 1.29 is 9.59 Å². The first-order valence-corrected chi connectivity index (χ1v) is 11.8. The molecule has 0 fully saturated rings. The Bertz CT molecular complexity index is 1140. The highest BCUT2D eigenvalue weighted by molar-refractivity contribution is 8.15. The van der Waals surface area contributed by atoms with Crippen molar-refractivity contribution in [2.24, 2.45) is 15.9 Å². The van der Waals surface area contributed by atoms with E-state index in [4.69, 9.17) is 9.98 Å². The average Bonchev–Trinajstić information content (AvgIpc) is 3.12. The van der Waals surface area contributed by atoms with Crippen LogP contribution in [0.2, 0.25) is 0 Å². The zero-order valence-electron chi connectivity index (χ0n) is 19.0. The lowest BCUT2D eigenvalue weighted by Gasteiger charge is -2.27. The Morgan fingerprint density at radius 2 is 1.94 bits per heavy atom. The van der Waals surface area contributed by atoms with Crippen LogP contribution in [0.4, 0.5) is 11.4 Å². The number of hydrogen-bond acceptors (Lipinski definition) is 5. The maximum absolute atomic E-state index is 13.2. The molecule has 0 radical (unpaired) electrons. The molecule has 2 aliphatic rings. The summed E-state index contributed by atoms with van der Waals surface area (Å²) in [6, 6.07) is 13.3. The van der Waals surface area contributed by atoms with Gasteiger partial charge >= 0.3 is 0 Å². The van der Waals surface area contributed by atoms with Crippen LogP contribution in [0.25, 0.3) is 0 Å². The largest absolute Gasteiger partial charge is 0.325 e. The van der Waals surface area contributed by atoms with Crippen LogP contribution in [-0.4, -0.2) is 39.0 Å². The normalized spacial score (nSPS) is 18.1. The third-order valence-corrected chi connectivity index (χ3v) is 7.01. The fraction of sp³-hybridized carbons (Fsp3) is 0.360.